The SMILES string of the molecule is CC(C)(C)NC(=O)c1ccc(NC(=S)NC(=O)c2ccc(Br)o2)cc1. The Hall–Kier alpha value is -2.19. The molecule has 2 aromatic rings. The zero-order chi connectivity index (χ0) is 18.6. The summed E-state index contributed by atoms with van der Waals surface area (Å²) in [5.74, 6) is -0.465. The van der Waals surface area contributed by atoms with Gasteiger partial charge in [0.15, 0.2) is 15.5 Å². The van der Waals surface area contributed by atoms with Crippen molar-refractivity contribution in [2.75, 3.05) is 5.32 Å². The molecular weight excluding hydrogens is 406 g/mol. The molecule has 0 bridgehead atoms. The molecule has 6 nitrogen and oxygen atoms in total. The molecule has 0 spiro atoms. The topological polar surface area (TPSA) is 83.4 Å². The lowest BCUT2D eigenvalue weighted by molar-refractivity contribution is 0.0917. The second-order valence-electron chi connectivity index (χ2n) is 6.29. The van der Waals surface area contributed by atoms with Crippen LogP contribution in [0.1, 0.15) is 41.7 Å². The number of hydrogen-bond donors (Lipinski definition) is 3. The van der Waals surface area contributed by atoms with Crippen molar-refractivity contribution >= 4 is 50.8 Å². The Balaban J connectivity index is 1.93. The van der Waals surface area contributed by atoms with Gasteiger partial charge in [-0.25, -0.2) is 0 Å². The first-order valence-corrected chi connectivity index (χ1v) is 8.64. The number of thiocarbonyl (C=S) groups is 1. The van der Waals surface area contributed by atoms with Crippen molar-refractivity contribution in [1.82, 2.24) is 10.6 Å². The lowest BCUT2D eigenvalue weighted by atomic mass is 10.1. The Morgan fingerprint density at radius 2 is 1.68 bits per heavy atom. The standard InChI is InChI=1S/C17H18BrN3O3S/c1-17(2,3)21-14(22)10-4-6-11(7-5-10)19-16(25)20-15(23)12-8-9-13(18)24-12/h4-9H,1-3H3,(H,21,22)(H2,19,20,23,25). The Morgan fingerprint density at radius 3 is 2.20 bits per heavy atom. The highest BCUT2D eigenvalue weighted by Gasteiger charge is 2.15. The van der Waals surface area contributed by atoms with E-state index in [0.717, 1.165) is 0 Å². The van der Waals surface area contributed by atoms with Crippen LogP contribution >= 0.6 is 28.1 Å². The molecule has 1 aromatic heterocycles. The van der Waals surface area contributed by atoms with E-state index in [1.807, 2.05) is 20.8 Å². The number of halogens is 1. The van der Waals surface area contributed by atoms with Crippen LogP contribution in [0.4, 0.5) is 5.69 Å². The summed E-state index contributed by atoms with van der Waals surface area (Å²) in [6, 6.07) is 9.92. The summed E-state index contributed by atoms with van der Waals surface area (Å²) in [5, 5.41) is 8.41. The van der Waals surface area contributed by atoms with Crippen LogP contribution in [-0.2, 0) is 0 Å². The number of carbonyl (C=O) groups excluding carboxylic acids is 2. The normalized spacial score (nSPS) is 10.9. The molecule has 0 unspecified atom stereocenters. The Morgan fingerprint density at radius 1 is 1.04 bits per heavy atom. The smallest absolute Gasteiger partial charge is 0.293 e. The maximum Gasteiger partial charge on any atom is 0.293 e. The predicted molar refractivity (Wildman–Crippen MR) is 104 cm³/mol. The van der Waals surface area contributed by atoms with Crippen LogP contribution in [0.2, 0.25) is 0 Å². The minimum Gasteiger partial charge on any atom is -0.444 e. The number of furan rings is 1. The summed E-state index contributed by atoms with van der Waals surface area (Å²) in [6.07, 6.45) is 0. The number of amides is 2. The Labute approximate surface area is 159 Å². The predicted octanol–water partition coefficient (Wildman–Crippen LogP) is 3.70. The number of carbonyl (C=O) groups is 2. The van der Waals surface area contributed by atoms with Crippen molar-refractivity contribution < 1.29 is 14.0 Å². The summed E-state index contributed by atoms with van der Waals surface area (Å²) in [4.78, 5) is 24.0. The van der Waals surface area contributed by atoms with Gasteiger partial charge in [0.2, 0.25) is 0 Å². The van der Waals surface area contributed by atoms with Crippen molar-refractivity contribution in [1.29, 1.82) is 0 Å². The summed E-state index contributed by atoms with van der Waals surface area (Å²) < 4.78 is 5.61. The highest BCUT2D eigenvalue weighted by Crippen LogP contribution is 2.14. The van der Waals surface area contributed by atoms with Gasteiger partial charge in [0, 0.05) is 16.8 Å². The summed E-state index contributed by atoms with van der Waals surface area (Å²) in [5.41, 5.74) is 0.884. The van der Waals surface area contributed by atoms with Gasteiger partial charge in [0.05, 0.1) is 0 Å². The Kier molecular flexibility index (Phi) is 5.97. The molecule has 0 aliphatic rings. The van der Waals surface area contributed by atoms with E-state index in [1.165, 1.54) is 6.07 Å². The zero-order valence-electron chi connectivity index (χ0n) is 14.0. The van der Waals surface area contributed by atoms with E-state index in [2.05, 4.69) is 31.9 Å². The monoisotopic (exact) mass is 423 g/mol. The van der Waals surface area contributed by atoms with Crippen LogP contribution in [0.25, 0.3) is 0 Å². The van der Waals surface area contributed by atoms with E-state index in [1.54, 1.807) is 30.3 Å². The molecule has 1 aromatic carbocycles. The molecule has 8 heteroatoms. The van der Waals surface area contributed by atoms with Gasteiger partial charge in [-0.05, 0) is 85.3 Å². The molecule has 1 heterocycles. The summed E-state index contributed by atoms with van der Waals surface area (Å²) >= 11 is 8.23. The summed E-state index contributed by atoms with van der Waals surface area (Å²) in [7, 11) is 0. The van der Waals surface area contributed by atoms with Gasteiger partial charge in [-0.3, -0.25) is 14.9 Å². The van der Waals surface area contributed by atoms with Crippen molar-refractivity contribution in [2.45, 2.75) is 26.3 Å². The van der Waals surface area contributed by atoms with E-state index in [4.69, 9.17) is 16.6 Å². The number of rotatable bonds is 3. The molecule has 0 radical (unpaired) electrons. The fraction of sp³-hybridized carbons (Fsp3) is 0.235. The third-order valence-electron chi connectivity index (χ3n) is 2.92. The first-order valence-electron chi connectivity index (χ1n) is 7.44. The fourth-order valence-electron chi connectivity index (χ4n) is 1.88. The molecule has 0 fully saturated rings. The molecule has 0 aliphatic carbocycles. The van der Waals surface area contributed by atoms with Gasteiger partial charge in [-0.15, -0.1) is 0 Å². The second kappa shape index (κ2) is 7.79. The van der Waals surface area contributed by atoms with Crippen LogP contribution in [-0.4, -0.2) is 22.5 Å². The number of benzene rings is 1. The summed E-state index contributed by atoms with van der Waals surface area (Å²) in [6.45, 7) is 5.75. The van der Waals surface area contributed by atoms with Crippen LogP contribution in [0.3, 0.4) is 0 Å². The first kappa shape index (κ1) is 19.1. The van der Waals surface area contributed by atoms with Crippen molar-refractivity contribution in [3.63, 3.8) is 0 Å². The molecule has 0 saturated carbocycles. The molecule has 2 rings (SSSR count). The van der Waals surface area contributed by atoms with Crippen molar-refractivity contribution in [2.24, 2.45) is 0 Å². The van der Waals surface area contributed by atoms with E-state index in [-0.39, 0.29) is 22.3 Å². The molecule has 3 N–H and O–H groups in total. The number of hydrogen-bond acceptors (Lipinski definition) is 4. The fourth-order valence-corrected chi connectivity index (χ4v) is 2.40. The third-order valence-corrected chi connectivity index (χ3v) is 3.55. The average Bonchev–Trinajstić information content (AvgIpc) is 2.92. The van der Waals surface area contributed by atoms with Crippen LogP contribution in [0.5, 0.6) is 0 Å². The molecule has 2 amide bonds. The third kappa shape index (κ3) is 5.99. The minimum atomic E-state index is -0.454. The van der Waals surface area contributed by atoms with Crippen LogP contribution < -0.4 is 16.0 Å². The van der Waals surface area contributed by atoms with Crippen molar-refractivity contribution in [3.8, 4) is 0 Å². The van der Waals surface area contributed by atoms with E-state index < -0.39 is 5.91 Å². The lowest BCUT2D eigenvalue weighted by Gasteiger charge is -2.20. The molecule has 0 saturated heterocycles. The zero-order valence-corrected chi connectivity index (χ0v) is 16.4. The molecule has 25 heavy (non-hydrogen) atoms. The van der Waals surface area contributed by atoms with Crippen LogP contribution in [0.15, 0.2) is 45.5 Å². The van der Waals surface area contributed by atoms with Gasteiger partial charge < -0.3 is 15.1 Å². The number of nitrogens with one attached hydrogen (secondary N) is 3. The molecule has 132 valence electrons. The largest absolute Gasteiger partial charge is 0.444 e. The Bertz CT molecular complexity index is 794. The molecule has 0 atom stereocenters. The van der Waals surface area contributed by atoms with Gasteiger partial charge in [-0.2, -0.15) is 0 Å². The van der Waals surface area contributed by atoms with E-state index in [9.17, 15) is 9.59 Å². The molecule has 0 aliphatic heterocycles. The lowest BCUT2D eigenvalue weighted by Crippen LogP contribution is -2.40. The maximum atomic E-state index is 12.1. The van der Waals surface area contributed by atoms with Crippen molar-refractivity contribution in [3.05, 3.63) is 52.4 Å². The van der Waals surface area contributed by atoms with Gasteiger partial charge in [0.25, 0.3) is 11.8 Å². The van der Waals surface area contributed by atoms with Gasteiger partial charge in [0.1, 0.15) is 0 Å². The van der Waals surface area contributed by atoms with Crippen LogP contribution in [0, 0.1) is 0 Å². The maximum absolute atomic E-state index is 12.1. The number of anilines is 1. The first-order chi connectivity index (χ1) is 11.6. The van der Waals surface area contributed by atoms with Gasteiger partial charge in [-0.1, -0.05) is 0 Å². The average molecular weight is 424 g/mol. The second-order valence-corrected chi connectivity index (χ2v) is 7.48. The van der Waals surface area contributed by atoms with Gasteiger partial charge >= 0.3 is 0 Å². The van der Waals surface area contributed by atoms with E-state index in [0.29, 0.717) is 15.9 Å². The quantitative estimate of drug-likeness (QED) is 0.655. The highest BCUT2D eigenvalue weighted by atomic mass is 79.9. The highest BCUT2D eigenvalue weighted by molar-refractivity contribution is 9.10. The molecular formula is C17H18BrN3O3S. The minimum absolute atomic E-state index is 0.129. The van der Waals surface area contributed by atoms with E-state index >= 15 is 0 Å².